The van der Waals surface area contributed by atoms with Crippen LogP contribution in [0, 0.1) is 0 Å². The maximum absolute atomic E-state index is 9.58. The van der Waals surface area contributed by atoms with Crippen molar-refractivity contribution in [2.45, 2.75) is 44.8 Å². The molecule has 0 radical (unpaired) electrons. The smallest absolute Gasteiger partial charge is 0.480 e. The molecule has 0 saturated carbocycles. The van der Waals surface area contributed by atoms with Crippen molar-refractivity contribution in [3.8, 4) is 5.75 Å². The Hall–Kier alpha value is -0.555. The highest BCUT2D eigenvalue weighted by atomic mass is 79.9. The van der Waals surface area contributed by atoms with Crippen LogP contribution in [0.2, 0.25) is 0 Å². The van der Waals surface area contributed by atoms with Gasteiger partial charge in [-0.15, -0.1) is 0 Å². The maximum Gasteiger partial charge on any atom is 0.480 e. The average molecular weight is 328 g/mol. The number of hydrogen-bond donors (Lipinski definition) is 2. The fourth-order valence-corrected chi connectivity index (χ4v) is 2.48. The van der Waals surface area contributed by atoms with Gasteiger partial charge in [-0.25, -0.2) is 0 Å². The zero-order valence-electron chi connectivity index (χ0n) is 11.6. The molecule has 1 atom stereocenters. The van der Waals surface area contributed by atoms with Crippen LogP contribution in [-0.4, -0.2) is 23.4 Å². The molecule has 0 aromatic heterocycles. The SMILES string of the molecule is CC1(C)OB([C@H](N)c2cc(O)ccc2Br)OC1(C)C. The fraction of sp³-hybridized carbons (Fsp3) is 0.538. The Labute approximate surface area is 122 Å². The summed E-state index contributed by atoms with van der Waals surface area (Å²) in [6.07, 6.45) is 0. The molecular formula is C13H19BBrNO3. The van der Waals surface area contributed by atoms with E-state index in [2.05, 4.69) is 15.9 Å². The quantitative estimate of drug-likeness (QED) is 0.820. The van der Waals surface area contributed by atoms with Gasteiger partial charge in [0.1, 0.15) is 5.75 Å². The van der Waals surface area contributed by atoms with Crippen LogP contribution >= 0.6 is 15.9 Å². The number of aromatic hydroxyl groups is 1. The summed E-state index contributed by atoms with van der Waals surface area (Å²) >= 11 is 3.43. The Kier molecular flexibility index (Phi) is 3.73. The summed E-state index contributed by atoms with van der Waals surface area (Å²) in [6, 6.07) is 4.99. The number of phenols is 1. The molecule has 104 valence electrons. The van der Waals surface area contributed by atoms with E-state index in [4.69, 9.17) is 15.0 Å². The lowest BCUT2D eigenvalue weighted by Crippen LogP contribution is -2.41. The van der Waals surface area contributed by atoms with Gasteiger partial charge < -0.3 is 20.1 Å². The van der Waals surface area contributed by atoms with Gasteiger partial charge in [-0.3, -0.25) is 0 Å². The van der Waals surface area contributed by atoms with Gasteiger partial charge >= 0.3 is 7.12 Å². The van der Waals surface area contributed by atoms with Crippen LogP contribution in [0.3, 0.4) is 0 Å². The highest BCUT2D eigenvalue weighted by molar-refractivity contribution is 9.10. The molecule has 4 nitrogen and oxygen atoms in total. The summed E-state index contributed by atoms with van der Waals surface area (Å²) in [7, 11) is -0.539. The van der Waals surface area contributed by atoms with Crippen molar-refractivity contribution >= 4 is 23.0 Å². The van der Waals surface area contributed by atoms with Crippen LogP contribution in [0.1, 0.15) is 39.2 Å². The molecule has 6 heteroatoms. The summed E-state index contributed by atoms with van der Waals surface area (Å²) in [6.45, 7) is 7.93. The van der Waals surface area contributed by atoms with Crippen molar-refractivity contribution in [2.24, 2.45) is 5.73 Å². The minimum atomic E-state index is -0.539. The van der Waals surface area contributed by atoms with Gasteiger partial charge in [0.15, 0.2) is 0 Å². The normalized spacial score (nSPS) is 22.5. The maximum atomic E-state index is 9.58. The van der Waals surface area contributed by atoms with Crippen molar-refractivity contribution in [1.29, 1.82) is 0 Å². The van der Waals surface area contributed by atoms with E-state index in [1.54, 1.807) is 18.2 Å². The predicted molar refractivity (Wildman–Crippen MR) is 78.8 cm³/mol. The molecule has 2 rings (SSSR count). The van der Waals surface area contributed by atoms with Crippen LogP contribution < -0.4 is 5.73 Å². The van der Waals surface area contributed by atoms with Crippen LogP contribution in [0.15, 0.2) is 22.7 Å². The molecule has 0 spiro atoms. The van der Waals surface area contributed by atoms with E-state index in [0.29, 0.717) is 0 Å². The van der Waals surface area contributed by atoms with Crippen molar-refractivity contribution in [3.63, 3.8) is 0 Å². The Morgan fingerprint density at radius 2 is 1.74 bits per heavy atom. The lowest BCUT2D eigenvalue weighted by atomic mass is 9.75. The van der Waals surface area contributed by atoms with Crippen LogP contribution in [0.5, 0.6) is 5.75 Å². The standard InChI is InChI=1S/C13H19BBrNO3/c1-12(2)13(3,4)19-14(18-12)11(16)9-7-8(17)5-6-10(9)15/h5-7,11,17H,16H2,1-4H3/t11-/m1/s1. The third-order valence-corrected chi connectivity index (χ3v) is 4.63. The van der Waals surface area contributed by atoms with Gasteiger partial charge in [-0.2, -0.15) is 0 Å². The van der Waals surface area contributed by atoms with Crippen LogP contribution in [0.25, 0.3) is 0 Å². The van der Waals surface area contributed by atoms with E-state index in [1.165, 1.54) is 0 Å². The molecule has 0 aliphatic carbocycles. The fourth-order valence-electron chi connectivity index (χ4n) is 1.97. The second kappa shape index (κ2) is 4.77. The van der Waals surface area contributed by atoms with Crippen LogP contribution in [-0.2, 0) is 9.31 Å². The molecular weight excluding hydrogens is 309 g/mol. The minimum absolute atomic E-state index is 0.171. The number of halogens is 1. The zero-order valence-corrected chi connectivity index (χ0v) is 13.2. The van der Waals surface area contributed by atoms with Crippen molar-refractivity contribution in [1.82, 2.24) is 0 Å². The number of hydrogen-bond acceptors (Lipinski definition) is 4. The summed E-state index contributed by atoms with van der Waals surface area (Å²) in [5.74, 6) is -0.298. The van der Waals surface area contributed by atoms with Gasteiger partial charge in [0.2, 0.25) is 0 Å². The molecule has 3 N–H and O–H groups in total. The molecule has 1 fully saturated rings. The van der Waals surface area contributed by atoms with E-state index in [-0.39, 0.29) is 5.75 Å². The lowest BCUT2D eigenvalue weighted by Gasteiger charge is -2.32. The van der Waals surface area contributed by atoms with Crippen molar-refractivity contribution in [3.05, 3.63) is 28.2 Å². The third-order valence-electron chi connectivity index (χ3n) is 3.90. The predicted octanol–water partition coefficient (Wildman–Crippen LogP) is 2.79. The first-order valence-electron chi connectivity index (χ1n) is 6.24. The minimum Gasteiger partial charge on any atom is -0.508 e. The van der Waals surface area contributed by atoms with Crippen molar-refractivity contribution in [2.75, 3.05) is 0 Å². The molecule has 1 aromatic rings. The van der Waals surface area contributed by atoms with E-state index in [9.17, 15) is 5.11 Å². The Morgan fingerprint density at radius 3 is 2.26 bits per heavy atom. The molecule has 1 saturated heterocycles. The molecule has 0 bridgehead atoms. The second-order valence-corrected chi connectivity index (χ2v) is 6.71. The molecule has 0 amide bonds. The van der Waals surface area contributed by atoms with Crippen molar-refractivity contribution < 1.29 is 14.4 Å². The summed E-state index contributed by atoms with van der Waals surface area (Å²) in [5, 5.41) is 9.58. The van der Waals surface area contributed by atoms with E-state index in [0.717, 1.165) is 10.0 Å². The van der Waals surface area contributed by atoms with Gasteiger partial charge in [0.05, 0.1) is 17.1 Å². The Balaban J connectivity index is 2.27. The van der Waals surface area contributed by atoms with Gasteiger partial charge in [0.25, 0.3) is 0 Å². The topological polar surface area (TPSA) is 64.7 Å². The Bertz CT molecular complexity index is 477. The van der Waals surface area contributed by atoms with Gasteiger partial charge in [-0.1, -0.05) is 15.9 Å². The first kappa shape index (κ1) is 14.8. The lowest BCUT2D eigenvalue weighted by molar-refractivity contribution is 0.00578. The second-order valence-electron chi connectivity index (χ2n) is 5.86. The number of benzene rings is 1. The first-order valence-corrected chi connectivity index (χ1v) is 7.03. The number of rotatable bonds is 2. The molecule has 1 aliphatic heterocycles. The third kappa shape index (κ3) is 2.67. The number of nitrogens with two attached hydrogens (primary N) is 1. The highest BCUT2D eigenvalue weighted by Gasteiger charge is 2.53. The molecule has 0 unspecified atom stereocenters. The summed E-state index contributed by atoms with van der Waals surface area (Å²) in [4.78, 5) is 0. The largest absolute Gasteiger partial charge is 0.508 e. The highest BCUT2D eigenvalue weighted by Crippen LogP contribution is 2.40. The first-order chi connectivity index (χ1) is 8.64. The average Bonchev–Trinajstić information content (AvgIpc) is 2.51. The monoisotopic (exact) mass is 327 g/mol. The molecule has 19 heavy (non-hydrogen) atoms. The Morgan fingerprint density at radius 1 is 1.21 bits per heavy atom. The van der Waals surface area contributed by atoms with Gasteiger partial charge in [-0.05, 0) is 51.5 Å². The molecule has 1 heterocycles. The molecule has 1 aromatic carbocycles. The number of phenolic OH excluding ortho intramolecular Hbond substituents is 1. The van der Waals surface area contributed by atoms with Crippen LogP contribution in [0.4, 0.5) is 0 Å². The summed E-state index contributed by atoms with van der Waals surface area (Å²) in [5.41, 5.74) is 6.15. The molecule has 1 aliphatic rings. The van der Waals surface area contributed by atoms with E-state index >= 15 is 0 Å². The van der Waals surface area contributed by atoms with Gasteiger partial charge in [0, 0.05) is 4.47 Å². The van der Waals surface area contributed by atoms with E-state index < -0.39 is 24.3 Å². The zero-order chi connectivity index (χ0) is 14.4. The summed E-state index contributed by atoms with van der Waals surface area (Å²) < 4.78 is 12.7. The van der Waals surface area contributed by atoms with E-state index in [1.807, 2.05) is 27.7 Å².